The van der Waals surface area contributed by atoms with E-state index in [1.54, 1.807) is 13.0 Å². The zero-order valence-electron chi connectivity index (χ0n) is 15.1. The van der Waals surface area contributed by atoms with Gasteiger partial charge in [0.05, 0.1) is 12.2 Å². The molecule has 1 saturated carbocycles. The van der Waals surface area contributed by atoms with E-state index in [9.17, 15) is 13.2 Å². The molecule has 2 atom stereocenters. The number of rotatable bonds is 5. The van der Waals surface area contributed by atoms with Crippen molar-refractivity contribution in [3.63, 3.8) is 0 Å². The number of halogens is 3. The summed E-state index contributed by atoms with van der Waals surface area (Å²) in [6.07, 6.45) is -0.264. The maximum atomic E-state index is 13.0. The van der Waals surface area contributed by atoms with Crippen molar-refractivity contribution in [2.45, 2.75) is 50.9 Å². The first kappa shape index (κ1) is 20.9. The van der Waals surface area contributed by atoms with Gasteiger partial charge in [-0.15, -0.1) is 0 Å². The molecule has 146 valence electrons. The summed E-state index contributed by atoms with van der Waals surface area (Å²) in [7, 11) is 1.97. The fraction of sp³-hybridized carbons (Fsp3) is 0.611. The fourth-order valence-corrected chi connectivity index (χ4v) is 3.75. The number of thiocarbonyl (C=S) groups is 1. The molecule has 3 N–H and O–H groups in total. The second kappa shape index (κ2) is 9.01. The molecule has 1 aliphatic rings. The normalized spacial score (nSPS) is 20.9. The average Bonchev–Trinajstić information content (AvgIpc) is 2.54. The largest absolute Gasteiger partial charge is 0.416 e. The maximum Gasteiger partial charge on any atom is 0.416 e. The Balaban J connectivity index is 2.04. The molecule has 0 aliphatic heterocycles. The monoisotopic (exact) mass is 389 g/mol. The van der Waals surface area contributed by atoms with Gasteiger partial charge in [0.15, 0.2) is 5.11 Å². The second-order valence-electron chi connectivity index (χ2n) is 6.85. The van der Waals surface area contributed by atoms with Gasteiger partial charge in [-0.3, -0.25) is 4.90 Å². The van der Waals surface area contributed by atoms with Gasteiger partial charge in [0.1, 0.15) is 0 Å². The zero-order valence-corrected chi connectivity index (χ0v) is 15.9. The Morgan fingerprint density at radius 1 is 1.27 bits per heavy atom. The van der Waals surface area contributed by atoms with E-state index < -0.39 is 11.7 Å². The highest BCUT2D eigenvalue weighted by Gasteiger charge is 2.31. The van der Waals surface area contributed by atoms with E-state index >= 15 is 0 Å². The van der Waals surface area contributed by atoms with Gasteiger partial charge in [-0.2, -0.15) is 13.2 Å². The van der Waals surface area contributed by atoms with Crippen LogP contribution in [-0.4, -0.2) is 47.4 Å². The van der Waals surface area contributed by atoms with E-state index in [1.165, 1.54) is 0 Å². The molecule has 4 nitrogen and oxygen atoms in total. The van der Waals surface area contributed by atoms with Crippen LogP contribution >= 0.6 is 12.2 Å². The molecule has 2 rings (SSSR count). The molecule has 1 fully saturated rings. The van der Waals surface area contributed by atoms with Crippen molar-refractivity contribution in [3.05, 3.63) is 29.3 Å². The summed E-state index contributed by atoms with van der Waals surface area (Å²) in [4.78, 5) is 2.11. The summed E-state index contributed by atoms with van der Waals surface area (Å²) in [5, 5.41) is 15.6. The lowest BCUT2D eigenvalue weighted by molar-refractivity contribution is -0.137. The van der Waals surface area contributed by atoms with Crippen molar-refractivity contribution in [1.29, 1.82) is 0 Å². The predicted molar refractivity (Wildman–Crippen MR) is 101 cm³/mol. The van der Waals surface area contributed by atoms with Crippen molar-refractivity contribution in [2.75, 3.05) is 25.5 Å². The molecule has 1 aromatic rings. The molecule has 0 unspecified atom stereocenters. The number of hydrogen-bond donors (Lipinski definition) is 3. The number of likely N-dealkylation sites (N-methyl/N-ethyl adjacent to an activating group) is 1. The topological polar surface area (TPSA) is 47.5 Å². The van der Waals surface area contributed by atoms with Crippen LogP contribution in [0.3, 0.4) is 0 Å². The van der Waals surface area contributed by atoms with Crippen LogP contribution < -0.4 is 10.6 Å². The van der Waals surface area contributed by atoms with Gasteiger partial charge in [-0.25, -0.2) is 0 Å². The van der Waals surface area contributed by atoms with E-state index in [4.69, 9.17) is 17.3 Å². The lowest BCUT2D eigenvalue weighted by atomic mass is 9.89. The molecule has 1 aliphatic carbocycles. The molecule has 0 bridgehead atoms. The van der Waals surface area contributed by atoms with Crippen LogP contribution in [0.2, 0.25) is 0 Å². The van der Waals surface area contributed by atoms with Gasteiger partial charge in [0.25, 0.3) is 0 Å². The predicted octanol–water partition coefficient (Wildman–Crippen LogP) is 3.54. The Labute approximate surface area is 157 Å². The summed E-state index contributed by atoms with van der Waals surface area (Å²) >= 11 is 5.33. The lowest BCUT2D eigenvalue weighted by Gasteiger charge is -2.38. The number of nitrogens with zero attached hydrogens (tertiary/aromatic N) is 1. The summed E-state index contributed by atoms with van der Waals surface area (Å²) in [6, 6.07) is 4.16. The quantitative estimate of drug-likeness (QED) is 0.673. The first-order valence-electron chi connectivity index (χ1n) is 8.78. The fourth-order valence-electron chi connectivity index (χ4n) is 3.49. The molecular formula is C18H26F3N3OS. The first-order valence-corrected chi connectivity index (χ1v) is 9.19. The Kier molecular flexibility index (Phi) is 7.25. The van der Waals surface area contributed by atoms with E-state index in [0.717, 1.165) is 37.8 Å². The molecule has 0 aromatic heterocycles. The van der Waals surface area contributed by atoms with Crippen molar-refractivity contribution in [2.24, 2.45) is 0 Å². The van der Waals surface area contributed by atoms with E-state index in [2.05, 4.69) is 15.5 Å². The van der Waals surface area contributed by atoms with Gasteiger partial charge >= 0.3 is 6.18 Å². The number of anilines is 1. The first-order chi connectivity index (χ1) is 12.2. The summed E-state index contributed by atoms with van der Waals surface area (Å²) in [5.41, 5.74) is 0.148. The third-order valence-electron chi connectivity index (χ3n) is 4.73. The Morgan fingerprint density at radius 2 is 1.96 bits per heavy atom. The van der Waals surface area contributed by atoms with E-state index in [-0.39, 0.29) is 18.7 Å². The Morgan fingerprint density at radius 3 is 2.62 bits per heavy atom. The second-order valence-corrected chi connectivity index (χ2v) is 7.25. The zero-order chi connectivity index (χ0) is 19.3. The lowest BCUT2D eigenvalue weighted by Crippen LogP contribution is -2.53. The number of aliphatic hydroxyl groups is 1. The third kappa shape index (κ3) is 5.82. The van der Waals surface area contributed by atoms with Crippen molar-refractivity contribution in [1.82, 2.24) is 10.2 Å². The number of aryl methyl sites for hydroxylation is 1. The molecule has 0 saturated heterocycles. The van der Waals surface area contributed by atoms with Crippen molar-refractivity contribution < 1.29 is 18.3 Å². The number of nitrogens with one attached hydrogen (secondary N) is 2. The highest BCUT2D eigenvalue weighted by molar-refractivity contribution is 7.80. The highest BCUT2D eigenvalue weighted by Crippen LogP contribution is 2.32. The van der Waals surface area contributed by atoms with Crippen molar-refractivity contribution in [3.8, 4) is 0 Å². The molecule has 8 heteroatoms. The Bertz CT molecular complexity index is 624. The van der Waals surface area contributed by atoms with Crippen LogP contribution in [0.4, 0.5) is 18.9 Å². The van der Waals surface area contributed by atoms with Gasteiger partial charge in [-0.05, 0) is 62.8 Å². The van der Waals surface area contributed by atoms with Gasteiger partial charge in [0, 0.05) is 24.3 Å². The number of alkyl halides is 3. The van der Waals surface area contributed by atoms with Crippen LogP contribution in [0.15, 0.2) is 18.2 Å². The minimum atomic E-state index is -4.39. The molecule has 26 heavy (non-hydrogen) atoms. The van der Waals surface area contributed by atoms with Crippen LogP contribution in [0, 0.1) is 6.92 Å². The summed E-state index contributed by atoms with van der Waals surface area (Å²) in [5.74, 6) is 0. The van der Waals surface area contributed by atoms with Crippen LogP contribution in [0.25, 0.3) is 0 Å². The number of hydrogen-bond acceptors (Lipinski definition) is 3. The van der Waals surface area contributed by atoms with Gasteiger partial charge in [-0.1, -0.05) is 12.8 Å². The smallest absolute Gasteiger partial charge is 0.395 e. The minimum Gasteiger partial charge on any atom is -0.395 e. The van der Waals surface area contributed by atoms with Gasteiger partial charge in [0.2, 0.25) is 0 Å². The van der Waals surface area contributed by atoms with Crippen LogP contribution in [0.5, 0.6) is 0 Å². The van der Waals surface area contributed by atoms with E-state index in [1.807, 2.05) is 7.05 Å². The van der Waals surface area contributed by atoms with Crippen LogP contribution in [-0.2, 0) is 6.18 Å². The van der Waals surface area contributed by atoms with Crippen molar-refractivity contribution >= 4 is 23.0 Å². The maximum absolute atomic E-state index is 13.0. The molecule has 0 heterocycles. The molecule has 0 spiro atoms. The minimum absolute atomic E-state index is 0.0892. The average molecular weight is 389 g/mol. The van der Waals surface area contributed by atoms with Crippen LogP contribution in [0.1, 0.15) is 36.8 Å². The summed E-state index contributed by atoms with van der Waals surface area (Å²) in [6.45, 7) is 2.29. The van der Waals surface area contributed by atoms with Gasteiger partial charge < -0.3 is 15.7 Å². The van der Waals surface area contributed by atoms with E-state index in [0.29, 0.717) is 22.9 Å². The SMILES string of the molecule is Cc1cc(NC(=S)N[C@H]2CCCC[C@@H]2N(C)CCO)cc(C(F)(F)F)c1. The molecule has 0 radical (unpaired) electrons. The standard InChI is InChI=1S/C18H26F3N3OS/c1-12-9-13(18(19,20)21)11-14(10-12)22-17(26)23-15-5-3-4-6-16(15)24(2)7-8-25/h9-11,15-16,25H,3-8H2,1-2H3,(H2,22,23,26)/t15-,16-/m0/s1. The molecule has 1 aromatic carbocycles. The molecule has 0 amide bonds. The highest BCUT2D eigenvalue weighted by atomic mass is 32.1. The number of aliphatic hydroxyl groups excluding tert-OH is 1. The summed E-state index contributed by atoms with van der Waals surface area (Å²) < 4.78 is 38.9. The number of benzene rings is 1. The Hall–Kier alpha value is -1.38. The third-order valence-corrected chi connectivity index (χ3v) is 4.95. The molecular weight excluding hydrogens is 363 g/mol.